The second-order valence-electron chi connectivity index (χ2n) is 7.27. The molecular formula is C21H23FN2O4S. The Labute approximate surface area is 172 Å². The van der Waals surface area contributed by atoms with E-state index >= 15 is 0 Å². The summed E-state index contributed by atoms with van der Waals surface area (Å²) in [7, 11) is 0. The van der Waals surface area contributed by atoms with Gasteiger partial charge < -0.3 is 19.7 Å². The number of nitrogens with zero attached hydrogens (tertiary/aromatic N) is 1. The number of rotatable bonds is 5. The first kappa shape index (κ1) is 19.8. The average Bonchev–Trinajstić information content (AvgIpc) is 3.28. The molecule has 154 valence electrons. The molecule has 0 radical (unpaired) electrons. The summed E-state index contributed by atoms with van der Waals surface area (Å²) < 4.78 is 24.5. The number of nitrogens with one attached hydrogen (secondary N) is 1. The Morgan fingerprint density at radius 2 is 2.24 bits per heavy atom. The Hall–Kier alpha value is -2.45. The zero-order valence-electron chi connectivity index (χ0n) is 16.0. The number of halogens is 1. The third-order valence-corrected chi connectivity index (χ3v) is 6.11. The summed E-state index contributed by atoms with van der Waals surface area (Å²) in [4.78, 5) is 27.6. The predicted octanol–water partition coefficient (Wildman–Crippen LogP) is 2.96. The van der Waals surface area contributed by atoms with Crippen LogP contribution in [0, 0.1) is 11.7 Å². The molecule has 3 heterocycles. The summed E-state index contributed by atoms with van der Waals surface area (Å²) in [5.74, 6) is 0.0108. The summed E-state index contributed by atoms with van der Waals surface area (Å²) in [6, 6.07) is 6.52. The molecule has 1 saturated heterocycles. The van der Waals surface area contributed by atoms with E-state index in [2.05, 4.69) is 5.32 Å². The van der Waals surface area contributed by atoms with E-state index in [1.807, 2.05) is 17.5 Å². The number of ether oxygens (including phenoxy) is 2. The molecule has 2 aliphatic heterocycles. The van der Waals surface area contributed by atoms with Gasteiger partial charge in [-0.15, -0.1) is 11.3 Å². The summed E-state index contributed by atoms with van der Waals surface area (Å²) >= 11 is 1.41. The molecule has 1 fully saturated rings. The molecule has 8 heteroatoms. The molecule has 6 nitrogen and oxygen atoms in total. The third kappa shape index (κ3) is 4.59. The number of fused-ring (bicyclic) bond motifs is 1. The fraction of sp³-hybridized carbons (Fsp3) is 0.429. The molecular weight excluding hydrogens is 395 g/mol. The molecule has 0 spiro atoms. The van der Waals surface area contributed by atoms with Gasteiger partial charge in [0.2, 0.25) is 5.91 Å². The van der Waals surface area contributed by atoms with Gasteiger partial charge in [0.15, 0.2) is 6.79 Å². The van der Waals surface area contributed by atoms with Crippen LogP contribution >= 0.6 is 11.3 Å². The second-order valence-corrected chi connectivity index (χ2v) is 8.22. The smallest absolute Gasteiger partial charge is 0.263 e. The van der Waals surface area contributed by atoms with E-state index in [-0.39, 0.29) is 30.3 Å². The van der Waals surface area contributed by atoms with Gasteiger partial charge in [0, 0.05) is 25.2 Å². The van der Waals surface area contributed by atoms with Crippen molar-refractivity contribution in [2.75, 3.05) is 26.4 Å². The van der Waals surface area contributed by atoms with Crippen LogP contribution < -0.4 is 10.1 Å². The van der Waals surface area contributed by atoms with Crippen LogP contribution in [0.3, 0.4) is 0 Å². The van der Waals surface area contributed by atoms with Crippen LogP contribution in [-0.4, -0.2) is 43.1 Å². The maximum Gasteiger partial charge on any atom is 0.263 e. The Bertz CT molecular complexity index is 887. The average molecular weight is 418 g/mol. The zero-order valence-corrected chi connectivity index (χ0v) is 16.8. The number of carbonyl (C=O) groups is 2. The van der Waals surface area contributed by atoms with E-state index in [9.17, 15) is 14.0 Å². The molecule has 1 aromatic heterocycles. The lowest BCUT2D eigenvalue weighted by atomic mass is 9.96. The first-order chi connectivity index (χ1) is 14.1. The topological polar surface area (TPSA) is 67.9 Å². The number of hydrogen-bond donors (Lipinski definition) is 1. The predicted molar refractivity (Wildman–Crippen MR) is 106 cm³/mol. The van der Waals surface area contributed by atoms with Crippen molar-refractivity contribution >= 4 is 23.2 Å². The molecule has 1 aromatic carbocycles. The molecule has 0 bridgehead atoms. The highest BCUT2D eigenvalue weighted by atomic mass is 32.1. The fourth-order valence-electron chi connectivity index (χ4n) is 3.84. The molecule has 2 amide bonds. The lowest BCUT2D eigenvalue weighted by Gasteiger charge is -2.31. The van der Waals surface area contributed by atoms with E-state index in [1.54, 1.807) is 4.90 Å². The largest absolute Gasteiger partial charge is 0.467 e. The number of benzene rings is 1. The Balaban J connectivity index is 1.32. The van der Waals surface area contributed by atoms with Gasteiger partial charge >= 0.3 is 0 Å². The highest BCUT2D eigenvalue weighted by Gasteiger charge is 2.29. The molecule has 1 atom stereocenters. The van der Waals surface area contributed by atoms with Gasteiger partial charge in [-0.3, -0.25) is 9.59 Å². The van der Waals surface area contributed by atoms with Crippen molar-refractivity contribution in [3.05, 3.63) is 51.5 Å². The van der Waals surface area contributed by atoms with E-state index in [1.165, 1.54) is 23.5 Å². The van der Waals surface area contributed by atoms with E-state index < -0.39 is 0 Å². The molecule has 2 aromatic rings. The van der Waals surface area contributed by atoms with Crippen LogP contribution in [0.15, 0.2) is 29.6 Å². The van der Waals surface area contributed by atoms with Crippen molar-refractivity contribution < 1.29 is 23.5 Å². The van der Waals surface area contributed by atoms with Crippen LogP contribution in [0.1, 0.15) is 33.6 Å². The summed E-state index contributed by atoms with van der Waals surface area (Å²) in [6.07, 6.45) is 2.03. The minimum atomic E-state index is -0.339. The normalized spacial score (nSPS) is 18.7. The SMILES string of the molecule is O=C(NCCc1cc(F)cc2c1OCOC2)C1CCCN(C(=O)c2cccs2)C1. The van der Waals surface area contributed by atoms with Gasteiger partial charge in [-0.1, -0.05) is 6.07 Å². The third-order valence-electron chi connectivity index (χ3n) is 5.26. The lowest BCUT2D eigenvalue weighted by molar-refractivity contribution is -0.126. The maximum absolute atomic E-state index is 13.8. The van der Waals surface area contributed by atoms with Crippen LogP contribution in [-0.2, 0) is 22.6 Å². The van der Waals surface area contributed by atoms with E-state index in [0.717, 1.165) is 18.4 Å². The summed E-state index contributed by atoms with van der Waals surface area (Å²) in [5, 5.41) is 4.82. The van der Waals surface area contributed by atoms with Gasteiger partial charge in [-0.05, 0) is 48.4 Å². The van der Waals surface area contributed by atoms with E-state index in [4.69, 9.17) is 9.47 Å². The first-order valence-electron chi connectivity index (χ1n) is 9.74. The molecule has 2 aliphatic rings. The lowest BCUT2D eigenvalue weighted by Crippen LogP contribution is -2.45. The van der Waals surface area contributed by atoms with Gasteiger partial charge in [0.05, 0.1) is 17.4 Å². The second kappa shape index (κ2) is 8.92. The number of piperidine rings is 1. The minimum absolute atomic E-state index is 0.0109. The quantitative estimate of drug-likeness (QED) is 0.811. The number of carbonyl (C=O) groups excluding carboxylic acids is 2. The van der Waals surface area contributed by atoms with Crippen LogP contribution in [0.5, 0.6) is 5.75 Å². The fourth-order valence-corrected chi connectivity index (χ4v) is 4.53. The van der Waals surface area contributed by atoms with Crippen molar-refractivity contribution in [3.63, 3.8) is 0 Å². The van der Waals surface area contributed by atoms with Gasteiger partial charge in [-0.25, -0.2) is 4.39 Å². The van der Waals surface area contributed by atoms with Crippen molar-refractivity contribution in [2.24, 2.45) is 5.92 Å². The van der Waals surface area contributed by atoms with Gasteiger partial charge in [-0.2, -0.15) is 0 Å². The van der Waals surface area contributed by atoms with Crippen molar-refractivity contribution in [1.82, 2.24) is 10.2 Å². The summed E-state index contributed by atoms with van der Waals surface area (Å²) in [5.41, 5.74) is 1.41. The number of hydrogen-bond acceptors (Lipinski definition) is 5. The molecule has 1 N–H and O–H groups in total. The summed E-state index contributed by atoms with van der Waals surface area (Å²) in [6.45, 7) is 1.96. The van der Waals surface area contributed by atoms with Crippen LogP contribution in [0.2, 0.25) is 0 Å². The van der Waals surface area contributed by atoms with E-state index in [0.29, 0.717) is 48.9 Å². The first-order valence-corrected chi connectivity index (χ1v) is 10.6. The Kier molecular flexibility index (Phi) is 6.10. The zero-order chi connectivity index (χ0) is 20.2. The van der Waals surface area contributed by atoms with Gasteiger partial charge in [0.1, 0.15) is 11.6 Å². The molecule has 0 saturated carbocycles. The van der Waals surface area contributed by atoms with Gasteiger partial charge in [0.25, 0.3) is 5.91 Å². The Morgan fingerprint density at radius 1 is 1.34 bits per heavy atom. The standard InChI is InChI=1S/C21H23FN2O4S/c22-17-9-14(19-16(10-17)12-27-13-28-19)5-6-23-20(25)15-3-1-7-24(11-15)21(26)18-4-2-8-29-18/h2,4,8-10,15H,1,3,5-7,11-13H2,(H,23,25). The molecule has 4 rings (SSSR count). The highest BCUT2D eigenvalue weighted by Crippen LogP contribution is 2.29. The maximum atomic E-state index is 13.8. The van der Waals surface area contributed by atoms with Crippen LogP contribution in [0.25, 0.3) is 0 Å². The molecule has 0 aliphatic carbocycles. The number of likely N-dealkylation sites (tertiary alicyclic amines) is 1. The van der Waals surface area contributed by atoms with Crippen molar-refractivity contribution in [3.8, 4) is 5.75 Å². The van der Waals surface area contributed by atoms with Crippen LogP contribution in [0.4, 0.5) is 4.39 Å². The molecule has 29 heavy (non-hydrogen) atoms. The molecule has 1 unspecified atom stereocenters. The highest BCUT2D eigenvalue weighted by molar-refractivity contribution is 7.12. The number of amides is 2. The monoisotopic (exact) mass is 418 g/mol. The minimum Gasteiger partial charge on any atom is -0.467 e. The van der Waals surface area contributed by atoms with Crippen molar-refractivity contribution in [1.29, 1.82) is 0 Å². The Morgan fingerprint density at radius 3 is 3.07 bits per heavy atom. The number of thiophene rings is 1. The van der Waals surface area contributed by atoms with Crippen molar-refractivity contribution in [2.45, 2.75) is 25.9 Å².